The number of carbonyl (C=O) groups is 1. The van der Waals surface area contributed by atoms with E-state index in [4.69, 9.17) is 5.10 Å². The van der Waals surface area contributed by atoms with E-state index in [0.29, 0.717) is 18.8 Å². The van der Waals surface area contributed by atoms with Gasteiger partial charge in [-0.1, -0.05) is 42.5 Å². The Bertz CT molecular complexity index is 916. The predicted octanol–water partition coefficient (Wildman–Crippen LogP) is 4.52. The van der Waals surface area contributed by atoms with Gasteiger partial charge in [0.25, 0.3) is 0 Å². The largest absolute Gasteiger partial charge is 0.338 e. The first-order valence-corrected chi connectivity index (χ1v) is 8.99. The van der Waals surface area contributed by atoms with E-state index in [0.717, 1.165) is 5.69 Å². The first-order valence-electron chi connectivity index (χ1n) is 8.99. The van der Waals surface area contributed by atoms with Gasteiger partial charge in [-0.15, -0.1) is 0 Å². The lowest BCUT2D eigenvalue weighted by molar-refractivity contribution is 0.252. The number of urea groups is 1. The van der Waals surface area contributed by atoms with E-state index >= 15 is 0 Å². The number of hydrogen-bond donors (Lipinski definition) is 2. The second-order valence-electron chi connectivity index (χ2n) is 7.40. The Morgan fingerprint density at radius 1 is 1.12 bits per heavy atom. The summed E-state index contributed by atoms with van der Waals surface area (Å²) in [5, 5.41) is 12.9. The molecule has 0 spiro atoms. The minimum atomic E-state index is -0.230. The second kappa shape index (κ2) is 7.20. The van der Waals surface area contributed by atoms with Crippen LogP contribution in [-0.2, 0) is 12.0 Å². The van der Waals surface area contributed by atoms with E-state index in [-0.39, 0.29) is 11.6 Å². The van der Waals surface area contributed by atoms with Gasteiger partial charge in [0.15, 0.2) is 0 Å². The fraction of sp³-hybridized carbons (Fsp3) is 0.333. The molecule has 0 fully saturated rings. The van der Waals surface area contributed by atoms with E-state index in [2.05, 4.69) is 73.9 Å². The van der Waals surface area contributed by atoms with Crippen molar-refractivity contribution in [3.8, 4) is 0 Å². The van der Waals surface area contributed by atoms with Gasteiger partial charge < -0.3 is 5.32 Å². The number of benzene rings is 2. The number of amides is 2. The van der Waals surface area contributed by atoms with Gasteiger partial charge in [-0.25, -0.2) is 9.48 Å². The Labute approximate surface area is 154 Å². The van der Waals surface area contributed by atoms with Gasteiger partial charge in [0, 0.05) is 19.0 Å². The number of anilines is 1. The van der Waals surface area contributed by atoms with Gasteiger partial charge >= 0.3 is 6.03 Å². The van der Waals surface area contributed by atoms with Gasteiger partial charge in [0.1, 0.15) is 5.82 Å². The maximum atomic E-state index is 12.0. The van der Waals surface area contributed by atoms with Crippen molar-refractivity contribution in [2.75, 3.05) is 11.9 Å². The number of nitrogens with zero attached hydrogens (tertiary/aromatic N) is 2. The summed E-state index contributed by atoms with van der Waals surface area (Å²) < 4.78 is 1.88. The van der Waals surface area contributed by atoms with Crippen LogP contribution in [0, 0.1) is 0 Å². The summed E-state index contributed by atoms with van der Waals surface area (Å²) >= 11 is 0. The lowest BCUT2D eigenvalue weighted by Gasteiger charge is -2.22. The third-order valence-electron chi connectivity index (χ3n) is 4.23. The third-order valence-corrected chi connectivity index (χ3v) is 4.23. The van der Waals surface area contributed by atoms with Crippen molar-refractivity contribution in [1.82, 2.24) is 15.1 Å². The predicted molar refractivity (Wildman–Crippen MR) is 107 cm³/mol. The molecular formula is C21H26N4O. The Hall–Kier alpha value is -2.82. The minimum absolute atomic E-state index is 0.213. The van der Waals surface area contributed by atoms with Gasteiger partial charge in [-0.05, 0) is 44.0 Å². The fourth-order valence-corrected chi connectivity index (χ4v) is 3.08. The summed E-state index contributed by atoms with van der Waals surface area (Å²) in [5.41, 5.74) is 1.93. The molecule has 0 saturated heterocycles. The van der Waals surface area contributed by atoms with E-state index in [1.54, 1.807) is 0 Å². The molecular weight excluding hydrogens is 324 g/mol. The molecule has 1 aromatic heterocycles. The van der Waals surface area contributed by atoms with Crippen LogP contribution in [-0.4, -0.2) is 22.4 Å². The van der Waals surface area contributed by atoms with Crippen LogP contribution in [0.4, 0.5) is 10.6 Å². The average Bonchev–Trinajstić information content (AvgIpc) is 2.98. The minimum Gasteiger partial charge on any atom is -0.338 e. The Balaban J connectivity index is 1.95. The van der Waals surface area contributed by atoms with Crippen molar-refractivity contribution in [1.29, 1.82) is 0 Å². The molecule has 0 saturated carbocycles. The summed E-state index contributed by atoms with van der Waals surface area (Å²) in [4.78, 5) is 12.0. The van der Waals surface area contributed by atoms with Crippen molar-refractivity contribution in [3.63, 3.8) is 0 Å². The summed E-state index contributed by atoms with van der Waals surface area (Å²) in [6.45, 7) is 8.70. The lowest BCUT2D eigenvalue weighted by Crippen LogP contribution is -2.32. The summed E-state index contributed by atoms with van der Waals surface area (Å²) in [5.74, 6) is 0.707. The smallest absolute Gasteiger partial charge is 0.320 e. The monoisotopic (exact) mass is 350 g/mol. The highest BCUT2D eigenvalue weighted by molar-refractivity contribution is 5.88. The van der Waals surface area contributed by atoms with E-state index < -0.39 is 0 Å². The number of hydrogen-bond acceptors (Lipinski definition) is 2. The fourth-order valence-electron chi connectivity index (χ4n) is 3.08. The molecule has 0 bridgehead atoms. The van der Waals surface area contributed by atoms with Crippen LogP contribution in [0.2, 0.25) is 0 Å². The molecule has 3 aromatic rings. The molecule has 5 nitrogen and oxygen atoms in total. The number of rotatable bonds is 4. The zero-order chi connectivity index (χ0) is 18.7. The van der Waals surface area contributed by atoms with Crippen molar-refractivity contribution in [2.24, 2.45) is 0 Å². The Morgan fingerprint density at radius 3 is 2.58 bits per heavy atom. The molecule has 0 aliphatic rings. The van der Waals surface area contributed by atoms with Gasteiger partial charge in [-0.2, -0.15) is 5.10 Å². The number of fused-ring (bicyclic) bond motifs is 1. The molecule has 3 rings (SSSR count). The number of nitrogens with one attached hydrogen (secondary N) is 2. The molecule has 1 heterocycles. The van der Waals surface area contributed by atoms with Crippen LogP contribution in [0.5, 0.6) is 0 Å². The first-order chi connectivity index (χ1) is 12.4. The van der Waals surface area contributed by atoms with Crippen molar-refractivity contribution in [2.45, 2.75) is 39.7 Å². The Kier molecular flexibility index (Phi) is 4.98. The average molecular weight is 350 g/mol. The number of carbonyl (C=O) groups excluding carboxylic acids is 1. The van der Waals surface area contributed by atoms with Crippen molar-refractivity contribution in [3.05, 3.63) is 59.8 Å². The van der Waals surface area contributed by atoms with Crippen LogP contribution >= 0.6 is 0 Å². The SMILES string of the molecule is CCNC(=O)Nc1cc(Cc2cccc3ccccc23)nn1C(C)(C)C. The van der Waals surface area contributed by atoms with Crippen LogP contribution in [0.15, 0.2) is 48.5 Å². The highest BCUT2D eigenvalue weighted by Gasteiger charge is 2.21. The third kappa shape index (κ3) is 3.87. The van der Waals surface area contributed by atoms with Gasteiger partial charge in [0.2, 0.25) is 0 Å². The standard InChI is InChI=1S/C21H26N4O/c1-5-22-20(26)23-19-14-17(24-25(19)21(2,3)4)13-16-11-8-10-15-9-6-7-12-18(15)16/h6-12,14H,5,13H2,1-4H3,(H2,22,23,26). The highest BCUT2D eigenvalue weighted by Crippen LogP contribution is 2.25. The van der Waals surface area contributed by atoms with Gasteiger partial charge in [0.05, 0.1) is 11.2 Å². The molecule has 5 heteroatoms. The van der Waals surface area contributed by atoms with Crippen molar-refractivity contribution < 1.29 is 4.79 Å². The molecule has 2 amide bonds. The first kappa shape index (κ1) is 18.0. The quantitative estimate of drug-likeness (QED) is 0.726. The molecule has 2 N–H and O–H groups in total. The van der Waals surface area contributed by atoms with E-state index in [1.807, 2.05) is 17.7 Å². The number of aromatic nitrogens is 2. The molecule has 0 atom stereocenters. The second-order valence-corrected chi connectivity index (χ2v) is 7.40. The molecule has 0 aliphatic heterocycles. The highest BCUT2D eigenvalue weighted by atomic mass is 16.2. The van der Waals surface area contributed by atoms with E-state index in [1.165, 1.54) is 16.3 Å². The molecule has 0 aliphatic carbocycles. The molecule has 2 aromatic carbocycles. The maximum absolute atomic E-state index is 12.0. The zero-order valence-corrected chi connectivity index (χ0v) is 15.8. The molecule has 136 valence electrons. The van der Waals surface area contributed by atoms with Crippen LogP contribution in [0.1, 0.15) is 39.0 Å². The lowest BCUT2D eigenvalue weighted by atomic mass is 10.0. The van der Waals surface area contributed by atoms with Crippen LogP contribution in [0.3, 0.4) is 0 Å². The maximum Gasteiger partial charge on any atom is 0.320 e. The van der Waals surface area contributed by atoms with Crippen LogP contribution < -0.4 is 10.6 Å². The van der Waals surface area contributed by atoms with Gasteiger partial charge in [-0.3, -0.25) is 5.32 Å². The zero-order valence-electron chi connectivity index (χ0n) is 15.8. The molecule has 0 unspecified atom stereocenters. The van der Waals surface area contributed by atoms with E-state index in [9.17, 15) is 4.79 Å². The summed E-state index contributed by atoms with van der Waals surface area (Å²) in [6.07, 6.45) is 0.717. The van der Waals surface area contributed by atoms with Crippen molar-refractivity contribution >= 4 is 22.6 Å². The topological polar surface area (TPSA) is 59.0 Å². The summed E-state index contributed by atoms with van der Waals surface area (Å²) in [6, 6.07) is 16.4. The molecule has 26 heavy (non-hydrogen) atoms. The Morgan fingerprint density at radius 2 is 1.85 bits per heavy atom. The van der Waals surface area contributed by atoms with Crippen LogP contribution in [0.25, 0.3) is 10.8 Å². The molecule has 0 radical (unpaired) electrons. The normalized spacial score (nSPS) is 11.5. The summed E-state index contributed by atoms with van der Waals surface area (Å²) in [7, 11) is 0.